The minimum atomic E-state index is 0. The number of para-hydroxylation sites is 1. The van der Waals surface area contributed by atoms with E-state index in [4.69, 9.17) is 5.41 Å². The molecule has 1 N–H and O–H groups in total. The molecule has 1 heterocycles. The standard InChI is InChI=1S/C16H16N2.BrH/c1-11-6-5-7-12(2)15(11)18-10-13-8-3-4-9-14(13)16(18)17;/h3-9,17H,10H2,1-2H3;1H. The van der Waals surface area contributed by atoms with Gasteiger partial charge >= 0.3 is 0 Å². The molecule has 2 nitrogen and oxygen atoms in total. The summed E-state index contributed by atoms with van der Waals surface area (Å²) < 4.78 is 0. The first-order chi connectivity index (χ1) is 8.68. The number of halogens is 1. The van der Waals surface area contributed by atoms with Crippen LogP contribution in [0.5, 0.6) is 0 Å². The van der Waals surface area contributed by atoms with Gasteiger partial charge in [-0.15, -0.1) is 17.0 Å². The average molecular weight is 317 g/mol. The molecule has 2 aromatic carbocycles. The van der Waals surface area contributed by atoms with Gasteiger partial charge in [-0.2, -0.15) is 0 Å². The Balaban J connectivity index is 0.00000133. The molecule has 0 radical (unpaired) electrons. The highest BCUT2D eigenvalue weighted by atomic mass is 79.9. The fourth-order valence-electron chi connectivity index (χ4n) is 2.71. The van der Waals surface area contributed by atoms with Gasteiger partial charge in [0.05, 0.1) is 6.54 Å². The lowest BCUT2D eigenvalue weighted by atomic mass is 10.1. The molecular formula is C16H17BrN2. The lowest BCUT2D eigenvalue weighted by Gasteiger charge is -2.22. The summed E-state index contributed by atoms with van der Waals surface area (Å²) in [5.74, 6) is 0.614. The van der Waals surface area contributed by atoms with Crippen molar-refractivity contribution in [3.8, 4) is 0 Å². The number of anilines is 1. The number of nitrogens with zero attached hydrogens (tertiary/aromatic N) is 1. The van der Waals surface area contributed by atoms with E-state index in [9.17, 15) is 0 Å². The zero-order chi connectivity index (χ0) is 12.7. The van der Waals surface area contributed by atoms with E-state index < -0.39 is 0 Å². The first kappa shape index (κ1) is 13.8. The molecule has 0 aliphatic carbocycles. The smallest absolute Gasteiger partial charge is 0.133 e. The van der Waals surface area contributed by atoms with Crippen LogP contribution in [-0.4, -0.2) is 5.84 Å². The van der Waals surface area contributed by atoms with E-state index in [0.29, 0.717) is 5.84 Å². The Kier molecular flexibility index (Phi) is 3.76. The van der Waals surface area contributed by atoms with Crippen molar-refractivity contribution in [2.24, 2.45) is 0 Å². The summed E-state index contributed by atoms with van der Waals surface area (Å²) in [5, 5.41) is 8.34. The highest BCUT2D eigenvalue weighted by molar-refractivity contribution is 8.93. The average Bonchev–Trinajstić information content (AvgIpc) is 2.68. The molecule has 1 aliphatic rings. The van der Waals surface area contributed by atoms with Crippen LogP contribution in [0.3, 0.4) is 0 Å². The van der Waals surface area contributed by atoms with Crippen molar-refractivity contribution < 1.29 is 0 Å². The van der Waals surface area contributed by atoms with Crippen molar-refractivity contribution in [3.05, 3.63) is 64.7 Å². The molecule has 98 valence electrons. The quantitative estimate of drug-likeness (QED) is 0.837. The third-order valence-electron chi connectivity index (χ3n) is 3.58. The highest BCUT2D eigenvalue weighted by Gasteiger charge is 2.26. The lowest BCUT2D eigenvalue weighted by molar-refractivity contribution is 1.03. The van der Waals surface area contributed by atoms with Gasteiger partial charge in [-0.1, -0.05) is 42.5 Å². The van der Waals surface area contributed by atoms with Crippen LogP contribution in [0.25, 0.3) is 0 Å². The minimum Gasteiger partial charge on any atom is -0.321 e. The van der Waals surface area contributed by atoms with Gasteiger partial charge < -0.3 is 4.90 Å². The number of aryl methyl sites for hydroxylation is 2. The van der Waals surface area contributed by atoms with Crippen molar-refractivity contribution in [1.29, 1.82) is 5.41 Å². The van der Waals surface area contributed by atoms with E-state index in [-0.39, 0.29) is 17.0 Å². The molecule has 0 aromatic heterocycles. The normalized spacial score (nSPS) is 13.2. The van der Waals surface area contributed by atoms with Crippen LogP contribution in [0, 0.1) is 19.3 Å². The first-order valence-corrected chi connectivity index (χ1v) is 6.19. The molecule has 0 unspecified atom stereocenters. The molecule has 0 bridgehead atoms. The number of hydrogen-bond donors (Lipinski definition) is 1. The second kappa shape index (κ2) is 5.17. The molecule has 0 amide bonds. The molecule has 0 saturated carbocycles. The Morgan fingerprint density at radius 1 is 0.947 bits per heavy atom. The van der Waals surface area contributed by atoms with Crippen molar-refractivity contribution in [1.82, 2.24) is 0 Å². The largest absolute Gasteiger partial charge is 0.321 e. The van der Waals surface area contributed by atoms with Gasteiger partial charge in [-0.05, 0) is 30.5 Å². The van der Waals surface area contributed by atoms with Crippen molar-refractivity contribution >= 4 is 28.5 Å². The molecule has 0 fully saturated rings. The predicted molar refractivity (Wildman–Crippen MR) is 85.7 cm³/mol. The third kappa shape index (κ3) is 2.19. The molecule has 1 aliphatic heterocycles. The molecule has 19 heavy (non-hydrogen) atoms. The van der Waals surface area contributed by atoms with Gasteiger partial charge in [0.25, 0.3) is 0 Å². The maximum atomic E-state index is 8.34. The van der Waals surface area contributed by atoms with E-state index in [0.717, 1.165) is 12.1 Å². The molecule has 3 rings (SSSR count). The number of rotatable bonds is 1. The van der Waals surface area contributed by atoms with Gasteiger partial charge in [0.15, 0.2) is 0 Å². The van der Waals surface area contributed by atoms with E-state index in [1.807, 2.05) is 18.2 Å². The summed E-state index contributed by atoms with van der Waals surface area (Å²) in [7, 11) is 0. The topological polar surface area (TPSA) is 27.1 Å². The Morgan fingerprint density at radius 2 is 1.58 bits per heavy atom. The molecule has 2 aromatic rings. The first-order valence-electron chi connectivity index (χ1n) is 6.19. The maximum Gasteiger partial charge on any atom is 0.133 e. The number of fused-ring (bicyclic) bond motifs is 1. The summed E-state index contributed by atoms with van der Waals surface area (Å²) in [6, 6.07) is 14.5. The van der Waals surface area contributed by atoms with Crippen LogP contribution in [-0.2, 0) is 6.54 Å². The molecule has 0 spiro atoms. The van der Waals surface area contributed by atoms with Gasteiger partial charge in [0.1, 0.15) is 5.84 Å². The van der Waals surface area contributed by atoms with Crippen LogP contribution in [0.2, 0.25) is 0 Å². The van der Waals surface area contributed by atoms with Crippen LogP contribution in [0.4, 0.5) is 5.69 Å². The van der Waals surface area contributed by atoms with Crippen molar-refractivity contribution in [2.75, 3.05) is 4.90 Å². The molecule has 3 heteroatoms. The molecular weight excluding hydrogens is 300 g/mol. The van der Waals surface area contributed by atoms with E-state index in [1.54, 1.807) is 0 Å². The zero-order valence-corrected chi connectivity index (χ0v) is 12.8. The van der Waals surface area contributed by atoms with E-state index in [1.165, 1.54) is 22.4 Å². The maximum absolute atomic E-state index is 8.34. The third-order valence-corrected chi connectivity index (χ3v) is 3.58. The highest BCUT2D eigenvalue weighted by Crippen LogP contribution is 2.32. The minimum absolute atomic E-state index is 0. The van der Waals surface area contributed by atoms with Gasteiger partial charge in [-0.25, -0.2) is 0 Å². The van der Waals surface area contributed by atoms with Crippen LogP contribution < -0.4 is 4.90 Å². The summed E-state index contributed by atoms with van der Waals surface area (Å²) in [4.78, 5) is 2.11. The van der Waals surface area contributed by atoms with Gasteiger partial charge in [-0.3, -0.25) is 5.41 Å². The summed E-state index contributed by atoms with van der Waals surface area (Å²) in [6.45, 7) is 5.03. The number of amidine groups is 1. The Morgan fingerprint density at radius 3 is 2.21 bits per heavy atom. The monoisotopic (exact) mass is 316 g/mol. The molecule has 0 saturated heterocycles. The number of hydrogen-bond acceptors (Lipinski definition) is 1. The summed E-state index contributed by atoms with van der Waals surface area (Å²) >= 11 is 0. The predicted octanol–water partition coefficient (Wildman–Crippen LogP) is 4.23. The van der Waals surface area contributed by atoms with Crippen molar-refractivity contribution in [2.45, 2.75) is 20.4 Å². The zero-order valence-electron chi connectivity index (χ0n) is 11.1. The molecule has 0 atom stereocenters. The van der Waals surface area contributed by atoms with E-state index >= 15 is 0 Å². The van der Waals surface area contributed by atoms with Gasteiger partial charge in [0, 0.05) is 11.3 Å². The second-order valence-electron chi connectivity index (χ2n) is 4.83. The van der Waals surface area contributed by atoms with Gasteiger partial charge in [0.2, 0.25) is 0 Å². The lowest BCUT2D eigenvalue weighted by Crippen LogP contribution is -2.24. The summed E-state index contributed by atoms with van der Waals surface area (Å²) in [6.07, 6.45) is 0. The summed E-state index contributed by atoms with van der Waals surface area (Å²) in [5.41, 5.74) is 5.93. The Hall–Kier alpha value is -1.61. The SMILES string of the molecule is Br.Cc1cccc(C)c1N1Cc2ccccc2C1=N. The number of nitrogens with one attached hydrogen (secondary N) is 1. The number of benzene rings is 2. The van der Waals surface area contributed by atoms with Crippen LogP contribution in [0.1, 0.15) is 22.3 Å². The Labute approximate surface area is 124 Å². The second-order valence-corrected chi connectivity index (χ2v) is 4.83. The fraction of sp³-hybridized carbons (Fsp3) is 0.188. The van der Waals surface area contributed by atoms with Crippen LogP contribution >= 0.6 is 17.0 Å². The Bertz CT molecular complexity index is 614. The van der Waals surface area contributed by atoms with E-state index in [2.05, 4.69) is 43.0 Å². The van der Waals surface area contributed by atoms with Crippen LogP contribution in [0.15, 0.2) is 42.5 Å². The van der Waals surface area contributed by atoms with Crippen molar-refractivity contribution in [3.63, 3.8) is 0 Å². The fourth-order valence-corrected chi connectivity index (χ4v) is 2.71.